The van der Waals surface area contributed by atoms with Crippen LogP contribution in [0.2, 0.25) is 0 Å². The van der Waals surface area contributed by atoms with Crippen molar-refractivity contribution in [2.75, 3.05) is 40.5 Å². The summed E-state index contributed by atoms with van der Waals surface area (Å²) in [4.78, 5) is 17.5. The van der Waals surface area contributed by atoms with E-state index >= 15 is 0 Å². The molecule has 1 amide bonds. The molecule has 2 aromatic carbocycles. The van der Waals surface area contributed by atoms with Gasteiger partial charge in [-0.05, 0) is 55.5 Å². The van der Waals surface area contributed by atoms with Gasteiger partial charge in [-0.1, -0.05) is 12.1 Å². The Balaban J connectivity index is 1.50. The minimum Gasteiger partial charge on any atom is -0.497 e. The van der Waals surface area contributed by atoms with E-state index in [1.54, 1.807) is 20.3 Å². The molecule has 2 unspecified atom stereocenters. The molecule has 2 heterocycles. The fourth-order valence-electron chi connectivity index (χ4n) is 4.92. The van der Waals surface area contributed by atoms with Gasteiger partial charge in [0, 0.05) is 37.9 Å². The lowest BCUT2D eigenvalue weighted by molar-refractivity contribution is -0.133. The number of hydrogen-bond donors (Lipinski definition) is 0. The van der Waals surface area contributed by atoms with Crippen molar-refractivity contribution in [2.45, 2.75) is 44.4 Å². The number of likely N-dealkylation sites (tertiary alicyclic amines) is 1. The Morgan fingerprint density at radius 2 is 2.03 bits per heavy atom. The molecule has 2 atom stereocenters. The van der Waals surface area contributed by atoms with E-state index in [1.807, 2.05) is 29.2 Å². The third-order valence-corrected chi connectivity index (χ3v) is 6.51. The van der Waals surface area contributed by atoms with Gasteiger partial charge in [-0.25, -0.2) is 4.39 Å². The van der Waals surface area contributed by atoms with Crippen LogP contribution in [0.3, 0.4) is 0 Å². The standard InChI is InChI=1S/C26H33FN2O4/c1-31-21-10-11-23(25(15-21)32-2)24-9-4-12-29(24)26(30)18-28(17-22-8-5-13-33-22)16-19-6-3-7-20(27)14-19/h3,6-7,10-11,14-15,22,24H,4-5,8-9,12-13,16-18H2,1-2H3. The molecule has 2 aliphatic rings. The van der Waals surface area contributed by atoms with E-state index in [4.69, 9.17) is 14.2 Å². The molecule has 2 fully saturated rings. The summed E-state index contributed by atoms with van der Waals surface area (Å²) in [5.41, 5.74) is 1.86. The summed E-state index contributed by atoms with van der Waals surface area (Å²) in [5, 5.41) is 0. The molecular weight excluding hydrogens is 423 g/mol. The Bertz CT molecular complexity index is 948. The molecule has 0 N–H and O–H groups in total. The zero-order valence-corrected chi connectivity index (χ0v) is 19.5. The van der Waals surface area contributed by atoms with Crippen molar-refractivity contribution in [1.82, 2.24) is 9.80 Å². The number of rotatable bonds is 9. The smallest absolute Gasteiger partial charge is 0.237 e. The van der Waals surface area contributed by atoms with Gasteiger partial charge in [-0.15, -0.1) is 0 Å². The van der Waals surface area contributed by atoms with E-state index < -0.39 is 0 Å². The van der Waals surface area contributed by atoms with E-state index in [2.05, 4.69) is 4.90 Å². The predicted octanol–water partition coefficient (Wildman–Crippen LogP) is 4.19. The van der Waals surface area contributed by atoms with Gasteiger partial charge < -0.3 is 19.1 Å². The van der Waals surface area contributed by atoms with Crippen LogP contribution in [0.1, 0.15) is 42.9 Å². The van der Waals surface area contributed by atoms with Crippen LogP contribution in [0, 0.1) is 5.82 Å². The second-order valence-electron chi connectivity index (χ2n) is 8.79. The van der Waals surface area contributed by atoms with Gasteiger partial charge in [0.25, 0.3) is 0 Å². The van der Waals surface area contributed by atoms with Crippen LogP contribution in [0.25, 0.3) is 0 Å². The highest BCUT2D eigenvalue weighted by atomic mass is 19.1. The second-order valence-corrected chi connectivity index (χ2v) is 8.79. The first-order chi connectivity index (χ1) is 16.1. The average molecular weight is 457 g/mol. The van der Waals surface area contributed by atoms with Crippen molar-refractivity contribution in [3.05, 3.63) is 59.4 Å². The Morgan fingerprint density at radius 1 is 1.15 bits per heavy atom. The zero-order valence-electron chi connectivity index (χ0n) is 19.5. The van der Waals surface area contributed by atoms with Crippen molar-refractivity contribution in [3.63, 3.8) is 0 Å². The minimum atomic E-state index is -0.262. The first-order valence-corrected chi connectivity index (χ1v) is 11.7. The second kappa shape index (κ2) is 11.0. The number of nitrogens with zero attached hydrogens (tertiary/aromatic N) is 2. The fourth-order valence-corrected chi connectivity index (χ4v) is 4.92. The number of carbonyl (C=O) groups excluding carboxylic acids is 1. The summed E-state index contributed by atoms with van der Waals surface area (Å²) in [5.74, 6) is 1.27. The molecular formula is C26H33FN2O4. The van der Waals surface area contributed by atoms with Crippen molar-refractivity contribution < 1.29 is 23.4 Å². The summed E-state index contributed by atoms with van der Waals surface area (Å²) in [6, 6.07) is 12.3. The molecule has 0 radical (unpaired) electrons. The van der Waals surface area contributed by atoms with Gasteiger partial charge >= 0.3 is 0 Å². The SMILES string of the molecule is COc1ccc(C2CCCN2C(=O)CN(Cc2cccc(F)c2)CC2CCCO2)c(OC)c1. The van der Waals surface area contributed by atoms with Crippen molar-refractivity contribution >= 4 is 5.91 Å². The fraction of sp³-hybridized carbons (Fsp3) is 0.500. The molecule has 178 valence electrons. The Kier molecular flexibility index (Phi) is 7.83. The van der Waals surface area contributed by atoms with Gasteiger partial charge in [-0.3, -0.25) is 9.69 Å². The van der Waals surface area contributed by atoms with Crippen LogP contribution in [0.15, 0.2) is 42.5 Å². The molecule has 2 saturated heterocycles. The molecule has 7 heteroatoms. The lowest BCUT2D eigenvalue weighted by atomic mass is 10.0. The van der Waals surface area contributed by atoms with Gasteiger partial charge in [0.2, 0.25) is 5.91 Å². The first-order valence-electron chi connectivity index (χ1n) is 11.7. The number of methoxy groups -OCH3 is 2. The number of amides is 1. The number of benzene rings is 2. The molecule has 0 bridgehead atoms. The largest absolute Gasteiger partial charge is 0.497 e. The third-order valence-electron chi connectivity index (χ3n) is 6.51. The van der Waals surface area contributed by atoms with Crippen LogP contribution in [0.5, 0.6) is 11.5 Å². The van der Waals surface area contributed by atoms with Crippen molar-refractivity contribution in [3.8, 4) is 11.5 Å². The number of carbonyl (C=O) groups is 1. The van der Waals surface area contributed by atoms with Crippen molar-refractivity contribution in [2.24, 2.45) is 0 Å². The topological polar surface area (TPSA) is 51.2 Å². The van der Waals surface area contributed by atoms with Gasteiger partial charge in [0.15, 0.2) is 0 Å². The average Bonchev–Trinajstić information content (AvgIpc) is 3.51. The van der Waals surface area contributed by atoms with Gasteiger partial charge in [0.1, 0.15) is 17.3 Å². The highest BCUT2D eigenvalue weighted by Crippen LogP contribution is 2.38. The molecule has 33 heavy (non-hydrogen) atoms. The maximum absolute atomic E-state index is 13.8. The molecule has 2 aliphatic heterocycles. The van der Waals surface area contributed by atoms with Crippen LogP contribution < -0.4 is 9.47 Å². The van der Waals surface area contributed by atoms with E-state index in [1.165, 1.54) is 12.1 Å². The summed E-state index contributed by atoms with van der Waals surface area (Å²) < 4.78 is 30.5. The molecule has 0 aromatic heterocycles. The molecule has 2 aromatic rings. The lowest BCUT2D eigenvalue weighted by Gasteiger charge is -2.30. The maximum atomic E-state index is 13.8. The molecule has 0 saturated carbocycles. The van der Waals surface area contributed by atoms with E-state index in [0.29, 0.717) is 19.6 Å². The summed E-state index contributed by atoms with van der Waals surface area (Å²) >= 11 is 0. The Labute approximate surface area is 195 Å². The van der Waals surface area contributed by atoms with E-state index in [-0.39, 0.29) is 30.4 Å². The highest BCUT2D eigenvalue weighted by molar-refractivity contribution is 5.79. The van der Waals surface area contributed by atoms with E-state index in [0.717, 1.165) is 54.9 Å². The first kappa shape index (κ1) is 23.5. The van der Waals surface area contributed by atoms with Crippen LogP contribution in [-0.2, 0) is 16.1 Å². The summed E-state index contributed by atoms with van der Waals surface area (Å²) in [6.45, 7) is 2.91. The van der Waals surface area contributed by atoms with Crippen molar-refractivity contribution in [1.29, 1.82) is 0 Å². The molecule has 0 aliphatic carbocycles. The Morgan fingerprint density at radius 3 is 2.76 bits per heavy atom. The minimum absolute atomic E-state index is 0.0305. The normalized spacial score (nSPS) is 20.4. The third kappa shape index (κ3) is 5.84. The zero-order chi connectivity index (χ0) is 23.2. The predicted molar refractivity (Wildman–Crippen MR) is 124 cm³/mol. The number of halogens is 1. The van der Waals surface area contributed by atoms with Gasteiger partial charge in [-0.2, -0.15) is 0 Å². The monoisotopic (exact) mass is 456 g/mol. The van der Waals surface area contributed by atoms with E-state index in [9.17, 15) is 9.18 Å². The summed E-state index contributed by atoms with van der Waals surface area (Å²) in [7, 11) is 3.27. The highest BCUT2D eigenvalue weighted by Gasteiger charge is 2.33. The summed E-state index contributed by atoms with van der Waals surface area (Å²) in [6.07, 6.45) is 3.98. The number of ether oxygens (including phenoxy) is 3. The lowest BCUT2D eigenvalue weighted by Crippen LogP contribution is -2.42. The Hall–Kier alpha value is -2.64. The van der Waals surface area contributed by atoms with Gasteiger partial charge in [0.05, 0.1) is 32.9 Å². The van der Waals surface area contributed by atoms with Crippen LogP contribution in [0.4, 0.5) is 4.39 Å². The molecule has 6 nitrogen and oxygen atoms in total. The van der Waals surface area contributed by atoms with Crippen LogP contribution >= 0.6 is 0 Å². The number of hydrogen-bond acceptors (Lipinski definition) is 5. The van der Waals surface area contributed by atoms with Crippen LogP contribution in [-0.4, -0.2) is 62.3 Å². The molecule has 0 spiro atoms. The quantitative estimate of drug-likeness (QED) is 0.567. The maximum Gasteiger partial charge on any atom is 0.237 e. The molecule has 4 rings (SSSR count).